The van der Waals surface area contributed by atoms with Crippen molar-refractivity contribution >= 4 is 10.8 Å². The minimum absolute atomic E-state index is 0.366. The van der Waals surface area contributed by atoms with Gasteiger partial charge in [-0.1, -0.05) is 82.0 Å². The number of hydrogen-bond donors (Lipinski definition) is 1. The molecule has 2 rings (SSSR count). The van der Waals surface area contributed by atoms with Gasteiger partial charge in [0.05, 0.1) is 6.10 Å². The van der Waals surface area contributed by atoms with E-state index in [1.807, 2.05) is 0 Å². The molecule has 0 fully saturated rings. The van der Waals surface area contributed by atoms with Crippen LogP contribution in [0.5, 0.6) is 0 Å². The zero-order valence-corrected chi connectivity index (χ0v) is 16.8. The fraction of sp³-hybridized carbons (Fsp3) is 0.583. The summed E-state index contributed by atoms with van der Waals surface area (Å²) < 4.78 is 0. The molecule has 144 valence electrons. The van der Waals surface area contributed by atoms with Gasteiger partial charge in [-0.25, -0.2) is 0 Å². The lowest BCUT2D eigenvalue weighted by Gasteiger charge is -2.23. The maximum Gasteiger partial charge on any atom is 0.0796 e. The number of aliphatic hydroxyl groups excluding tert-OH is 1. The second-order valence-electron chi connectivity index (χ2n) is 7.48. The Kier molecular flexibility index (Phi) is 9.73. The van der Waals surface area contributed by atoms with Crippen molar-refractivity contribution in [1.82, 2.24) is 4.90 Å². The molecule has 0 aromatic heterocycles. The molecule has 0 radical (unpaired) electrons. The Labute approximate surface area is 160 Å². The third kappa shape index (κ3) is 6.74. The molecule has 0 aliphatic heterocycles. The second kappa shape index (κ2) is 12.1. The number of hydrogen-bond acceptors (Lipinski definition) is 2. The molecule has 0 spiro atoms. The molecule has 0 amide bonds. The van der Waals surface area contributed by atoms with Gasteiger partial charge in [0.2, 0.25) is 0 Å². The first kappa shape index (κ1) is 20.9. The van der Waals surface area contributed by atoms with Crippen molar-refractivity contribution in [2.45, 2.75) is 71.3 Å². The van der Waals surface area contributed by atoms with Crippen molar-refractivity contribution in [2.75, 3.05) is 19.6 Å². The Morgan fingerprint density at radius 3 is 2.08 bits per heavy atom. The van der Waals surface area contributed by atoms with Gasteiger partial charge in [-0.3, -0.25) is 0 Å². The van der Waals surface area contributed by atoms with Gasteiger partial charge in [0, 0.05) is 0 Å². The number of aliphatic hydroxyl groups is 1. The lowest BCUT2D eigenvalue weighted by atomic mass is 9.98. The topological polar surface area (TPSA) is 23.5 Å². The fourth-order valence-electron chi connectivity index (χ4n) is 3.71. The minimum Gasteiger partial charge on any atom is -0.388 e. The van der Waals surface area contributed by atoms with Crippen LogP contribution in [0.25, 0.3) is 10.8 Å². The molecule has 0 saturated carbocycles. The van der Waals surface area contributed by atoms with Crippen LogP contribution in [0.1, 0.15) is 76.9 Å². The molecule has 0 heterocycles. The van der Waals surface area contributed by atoms with Crippen LogP contribution < -0.4 is 0 Å². The van der Waals surface area contributed by atoms with Gasteiger partial charge in [-0.05, 0) is 61.7 Å². The van der Waals surface area contributed by atoms with Crippen molar-refractivity contribution in [2.24, 2.45) is 0 Å². The van der Waals surface area contributed by atoms with Crippen molar-refractivity contribution in [3.8, 4) is 0 Å². The summed E-state index contributed by atoms with van der Waals surface area (Å²) in [4.78, 5) is 2.61. The van der Waals surface area contributed by atoms with Crippen LogP contribution in [-0.4, -0.2) is 29.6 Å². The summed E-state index contributed by atoms with van der Waals surface area (Å²) >= 11 is 0. The lowest BCUT2D eigenvalue weighted by molar-refractivity contribution is 0.155. The predicted molar refractivity (Wildman–Crippen MR) is 114 cm³/mol. The average Bonchev–Trinajstić information content (AvgIpc) is 2.67. The van der Waals surface area contributed by atoms with Crippen LogP contribution in [0.4, 0.5) is 0 Å². The van der Waals surface area contributed by atoms with Crippen LogP contribution in [0.3, 0.4) is 0 Å². The zero-order valence-electron chi connectivity index (χ0n) is 16.8. The van der Waals surface area contributed by atoms with Crippen molar-refractivity contribution in [3.63, 3.8) is 0 Å². The fourth-order valence-corrected chi connectivity index (χ4v) is 3.71. The molecule has 0 saturated heterocycles. The Hall–Kier alpha value is -1.38. The molecule has 2 heteroatoms. The van der Waals surface area contributed by atoms with Crippen molar-refractivity contribution < 1.29 is 5.11 Å². The molecule has 26 heavy (non-hydrogen) atoms. The Bertz CT molecular complexity index is 609. The number of benzene rings is 2. The van der Waals surface area contributed by atoms with Gasteiger partial charge >= 0.3 is 0 Å². The summed E-state index contributed by atoms with van der Waals surface area (Å²) in [6, 6.07) is 14.6. The maximum atomic E-state index is 10.7. The second-order valence-corrected chi connectivity index (χ2v) is 7.48. The summed E-state index contributed by atoms with van der Waals surface area (Å²) in [5, 5.41) is 13.1. The SMILES string of the molecule is CCCCCN(CCCCC)CCCC(O)c1cccc2ccccc12. The van der Waals surface area contributed by atoms with Gasteiger partial charge in [-0.2, -0.15) is 0 Å². The minimum atomic E-state index is -0.366. The molecule has 2 aromatic rings. The molecular formula is C24H37NO. The predicted octanol–water partition coefficient (Wildman–Crippen LogP) is 6.34. The Morgan fingerprint density at radius 2 is 1.38 bits per heavy atom. The normalized spacial score (nSPS) is 12.8. The molecule has 0 bridgehead atoms. The molecule has 1 N–H and O–H groups in total. The van der Waals surface area contributed by atoms with E-state index in [9.17, 15) is 5.11 Å². The van der Waals surface area contributed by atoms with E-state index >= 15 is 0 Å². The number of fused-ring (bicyclic) bond motifs is 1. The van der Waals surface area contributed by atoms with E-state index in [0.717, 1.165) is 24.9 Å². The summed E-state index contributed by atoms with van der Waals surface area (Å²) in [6.45, 7) is 8.06. The first-order chi connectivity index (χ1) is 12.8. The third-order valence-electron chi connectivity index (χ3n) is 5.29. The number of nitrogens with zero attached hydrogens (tertiary/aromatic N) is 1. The van der Waals surface area contributed by atoms with Gasteiger partial charge in [0.15, 0.2) is 0 Å². The van der Waals surface area contributed by atoms with Crippen molar-refractivity contribution in [3.05, 3.63) is 48.0 Å². The summed E-state index contributed by atoms with van der Waals surface area (Å²) in [5.41, 5.74) is 1.08. The van der Waals surface area contributed by atoms with E-state index in [0.29, 0.717) is 0 Å². The highest BCUT2D eigenvalue weighted by atomic mass is 16.3. The van der Waals surface area contributed by atoms with Gasteiger partial charge in [0.25, 0.3) is 0 Å². The molecule has 1 atom stereocenters. The molecule has 2 aromatic carbocycles. The van der Waals surface area contributed by atoms with E-state index in [1.165, 1.54) is 62.4 Å². The highest BCUT2D eigenvalue weighted by Gasteiger charge is 2.12. The van der Waals surface area contributed by atoms with Crippen LogP contribution in [0.15, 0.2) is 42.5 Å². The van der Waals surface area contributed by atoms with Crippen LogP contribution >= 0.6 is 0 Å². The molecule has 0 aliphatic rings. The first-order valence-electron chi connectivity index (χ1n) is 10.6. The standard InChI is InChI=1S/C24H37NO/c1-3-5-9-18-25(19-10-6-4-2)20-12-17-24(26)23-16-11-14-21-13-7-8-15-22(21)23/h7-8,11,13-16,24,26H,3-6,9-10,12,17-20H2,1-2H3. The number of unbranched alkanes of at least 4 members (excludes halogenated alkanes) is 4. The average molecular weight is 356 g/mol. The summed E-state index contributed by atoms with van der Waals surface area (Å²) in [5.74, 6) is 0. The highest BCUT2D eigenvalue weighted by molar-refractivity contribution is 5.85. The van der Waals surface area contributed by atoms with Gasteiger partial charge in [-0.15, -0.1) is 0 Å². The van der Waals surface area contributed by atoms with Crippen molar-refractivity contribution in [1.29, 1.82) is 0 Å². The number of rotatable bonds is 13. The van der Waals surface area contributed by atoms with E-state index in [1.54, 1.807) is 0 Å². The van der Waals surface area contributed by atoms with E-state index in [-0.39, 0.29) is 6.10 Å². The van der Waals surface area contributed by atoms with Crippen LogP contribution in [0, 0.1) is 0 Å². The Morgan fingerprint density at radius 1 is 0.769 bits per heavy atom. The smallest absolute Gasteiger partial charge is 0.0796 e. The monoisotopic (exact) mass is 355 g/mol. The van der Waals surface area contributed by atoms with E-state index in [2.05, 4.69) is 61.2 Å². The third-order valence-corrected chi connectivity index (χ3v) is 5.29. The molecule has 2 nitrogen and oxygen atoms in total. The van der Waals surface area contributed by atoms with Crippen LogP contribution in [-0.2, 0) is 0 Å². The lowest BCUT2D eigenvalue weighted by Crippen LogP contribution is -2.27. The highest BCUT2D eigenvalue weighted by Crippen LogP contribution is 2.27. The molecule has 0 aliphatic carbocycles. The summed E-state index contributed by atoms with van der Waals surface area (Å²) in [7, 11) is 0. The van der Waals surface area contributed by atoms with E-state index in [4.69, 9.17) is 0 Å². The Balaban J connectivity index is 1.86. The molecule has 1 unspecified atom stereocenters. The maximum absolute atomic E-state index is 10.7. The zero-order chi connectivity index (χ0) is 18.6. The molecular weight excluding hydrogens is 318 g/mol. The van der Waals surface area contributed by atoms with Gasteiger partial charge < -0.3 is 10.0 Å². The first-order valence-corrected chi connectivity index (χ1v) is 10.6. The summed E-state index contributed by atoms with van der Waals surface area (Å²) in [6.07, 6.45) is 9.34. The van der Waals surface area contributed by atoms with E-state index < -0.39 is 0 Å². The van der Waals surface area contributed by atoms with Gasteiger partial charge in [0.1, 0.15) is 0 Å². The van der Waals surface area contributed by atoms with Crippen LogP contribution in [0.2, 0.25) is 0 Å². The largest absolute Gasteiger partial charge is 0.388 e. The quantitative estimate of drug-likeness (QED) is 0.424.